The van der Waals surface area contributed by atoms with Gasteiger partial charge >= 0.3 is 0 Å². The number of para-hydroxylation sites is 1. The molecule has 2 nitrogen and oxygen atoms in total. The van der Waals surface area contributed by atoms with E-state index in [4.69, 9.17) is 4.74 Å². The number of methoxy groups -OCH3 is 1. The van der Waals surface area contributed by atoms with Crippen molar-refractivity contribution >= 4 is 0 Å². The molecule has 1 aliphatic rings. The van der Waals surface area contributed by atoms with Gasteiger partial charge in [0, 0.05) is 11.5 Å². The van der Waals surface area contributed by atoms with Gasteiger partial charge in [-0.1, -0.05) is 26.0 Å². The van der Waals surface area contributed by atoms with E-state index in [-0.39, 0.29) is 0 Å². The van der Waals surface area contributed by atoms with Crippen molar-refractivity contribution in [3.8, 4) is 5.75 Å². The highest BCUT2D eigenvalue weighted by Gasteiger charge is 2.29. The zero-order valence-electron chi connectivity index (χ0n) is 11.9. The predicted molar refractivity (Wildman–Crippen MR) is 74.6 cm³/mol. The molecule has 1 fully saturated rings. The van der Waals surface area contributed by atoms with Crippen LogP contribution in [0.3, 0.4) is 0 Å². The second kappa shape index (κ2) is 6.24. The molecule has 1 aromatic rings. The molecule has 3 atom stereocenters. The number of hydrogen-bond acceptors (Lipinski definition) is 1. The van der Waals surface area contributed by atoms with Crippen LogP contribution in [-0.4, -0.2) is 13.2 Å². The van der Waals surface area contributed by atoms with Crippen molar-refractivity contribution in [1.82, 2.24) is 0 Å². The van der Waals surface area contributed by atoms with E-state index in [1.54, 1.807) is 7.11 Å². The van der Waals surface area contributed by atoms with Gasteiger partial charge in [-0.3, -0.25) is 0 Å². The SMILES string of the molecule is COc1ccccc1C[NH2+][C@H]1CCC[C@@H](C)[C@@H]1C. The molecule has 1 saturated carbocycles. The molecule has 0 bridgehead atoms. The van der Waals surface area contributed by atoms with E-state index in [2.05, 4.69) is 37.4 Å². The third-order valence-electron chi connectivity index (χ3n) is 4.60. The van der Waals surface area contributed by atoms with Gasteiger partial charge in [0.2, 0.25) is 0 Å². The molecule has 1 aliphatic carbocycles. The van der Waals surface area contributed by atoms with Gasteiger partial charge in [0.15, 0.2) is 0 Å². The molecule has 2 N–H and O–H groups in total. The summed E-state index contributed by atoms with van der Waals surface area (Å²) in [5.41, 5.74) is 1.31. The van der Waals surface area contributed by atoms with Crippen molar-refractivity contribution < 1.29 is 10.1 Å². The summed E-state index contributed by atoms with van der Waals surface area (Å²) in [5.74, 6) is 2.72. The average Bonchev–Trinajstić information content (AvgIpc) is 2.41. The topological polar surface area (TPSA) is 25.8 Å². The number of hydrogen-bond donors (Lipinski definition) is 1. The van der Waals surface area contributed by atoms with Crippen molar-refractivity contribution in [2.24, 2.45) is 11.8 Å². The highest BCUT2D eigenvalue weighted by atomic mass is 16.5. The normalized spacial score (nSPS) is 28.1. The average molecular weight is 248 g/mol. The Kier molecular flexibility index (Phi) is 4.65. The fraction of sp³-hybridized carbons (Fsp3) is 0.625. The molecule has 0 unspecified atom stereocenters. The van der Waals surface area contributed by atoms with Crippen molar-refractivity contribution in [1.29, 1.82) is 0 Å². The maximum Gasteiger partial charge on any atom is 0.127 e. The first-order valence-electron chi connectivity index (χ1n) is 7.17. The summed E-state index contributed by atoms with van der Waals surface area (Å²) in [7, 11) is 1.75. The van der Waals surface area contributed by atoms with Crippen molar-refractivity contribution in [3.05, 3.63) is 29.8 Å². The van der Waals surface area contributed by atoms with Gasteiger partial charge in [0.25, 0.3) is 0 Å². The van der Waals surface area contributed by atoms with E-state index in [1.165, 1.54) is 24.8 Å². The maximum absolute atomic E-state index is 5.41. The molecular formula is C16H26NO+. The van der Waals surface area contributed by atoms with E-state index in [0.717, 1.165) is 30.2 Å². The first-order chi connectivity index (χ1) is 8.72. The van der Waals surface area contributed by atoms with Crippen LogP contribution in [0.5, 0.6) is 5.75 Å². The standard InChI is InChI=1S/C16H25NO/c1-12-7-6-9-15(13(12)2)17-11-14-8-4-5-10-16(14)18-3/h4-5,8,10,12-13,15,17H,6-7,9,11H2,1-3H3/p+1/t12-,13+,15+/m1/s1. The third-order valence-corrected chi connectivity index (χ3v) is 4.60. The lowest BCUT2D eigenvalue weighted by Crippen LogP contribution is -2.90. The summed E-state index contributed by atoms with van der Waals surface area (Å²) in [4.78, 5) is 0. The number of benzene rings is 1. The van der Waals surface area contributed by atoms with Crippen LogP contribution in [0.1, 0.15) is 38.7 Å². The molecule has 0 spiro atoms. The van der Waals surface area contributed by atoms with Crippen LogP contribution in [0.2, 0.25) is 0 Å². The highest BCUT2D eigenvalue weighted by molar-refractivity contribution is 5.32. The molecule has 1 aromatic carbocycles. The van der Waals surface area contributed by atoms with Gasteiger partial charge in [-0.15, -0.1) is 0 Å². The minimum Gasteiger partial charge on any atom is -0.496 e. The Balaban J connectivity index is 1.94. The van der Waals surface area contributed by atoms with Crippen LogP contribution in [0.25, 0.3) is 0 Å². The molecule has 2 rings (SSSR count). The largest absolute Gasteiger partial charge is 0.496 e. The molecule has 0 aromatic heterocycles. The summed E-state index contributed by atoms with van der Waals surface area (Å²) < 4.78 is 5.41. The molecule has 0 aliphatic heterocycles. The van der Waals surface area contributed by atoms with Crippen LogP contribution in [0, 0.1) is 11.8 Å². The Labute approximate surface area is 111 Å². The van der Waals surface area contributed by atoms with Gasteiger partial charge in [-0.2, -0.15) is 0 Å². The van der Waals surface area contributed by atoms with Gasteiger partial charge in [-0.05, 0) is 37.3 Å². The molecule has 2 heteroatoms. The van der Waals surface area contributed by atoms with Gasteiger partial charge < -0.3 is 10.1 Å². The Morgan fingerprint density at radius 3 is 2.78 bits per heavy atom. The van der Waals surface area contributed by atoms with Crippen LogP contribution in [0.15, 0.2) is 24.3 Å². The number of quaternary nitrogens is 1. The molecular weight excluding hydrogens is 222 g/mol. The second-order valence-corrected chi connectivity index (χ2v) is 5.68. The second-order valence-electron chi connectivity index (χ2n) is 5.68. The van der Waals surface area contributed by atoms with Crippen LogP contribution >= 0.6 is 0 Å². The molecule has 0 heterocycles. The first-order valence-corrected chi connectivity index (χ1v) is 7.17. The van der Waals surface area contributed by atoms with E-state index < -0.39 is 0 Å². The third kappa shape index (κ3) is 3.05. The number of nitrogens with two attached hydrogens (primary N) is 1. The van der Waals surface area contributed by atoms with E-state index in [1.807, 2.05) is 6.07 Å². The van der Waals surface area contributed by atoms with Crippen LogP contribution < -0.4 is 10.1 Å². The van der Waals surface area contributed by atoms with Crippen LogP contribution in [0.4, 0.5) is 0 Å². The fourth-order valence-electron chi connectivity index (χ4n) is 3.11. The lowest BCUT2D eigenvalue weighted by atomic mass is 9.78. The molecule has 18 heavy (non-hydrogen) atoms. The van der Waals surface area contributed by atoms with Crippen molar-refractivity contribution in [3.63, 3.8) is 0 Å². The van der Waals surface area contributed by atoms with E-state index in [0.29, 0.717) is 0 Å². The molecule has 100 valence electrons. The van der Waals surface area contributed by atoms with Crippen molar-refractivity contribution in [2.75, 3.05) is 7.11 Å². The Morgan fingerprint density at radius 1 is 1.22 bits per heavy atom. The van der Waals surface area contributed by atoms with Crippen molar-refractivity contribution in [2.45, 2.75) is 45.7 Å². The summed E-state index contributed by atoms with van der Waals surface area (Å²) in [6, 6.07) is 9.13. The molecule has 0 amide bonds. The van der Waals surface area contributed by atoms with Gasteiger partial charge in [-0.25, -0.2) is 0 Å². The minimum atomic E-state index is 0.777. The summed E-state index contributed by atoms with van der Waals surface area (Å²) in [6.07, 6.45) is 4.15. The molecule has 0 radical (unpaired) electrons. The fourth-order valence-corrected chi connectivity index (χ4v) is 3.11. The quantitative estimate of drug-likeness (QED) is 0.870. The zero-order chi connectivity index (χ0) is 13.0. The number of ether oxygens (including phenoxy) is 1. The Morgan fingerprint density at radius 2 is 2.00 bits per heavy atom. The highest BCUT2D eigenvalue weighted by Crippen LogP contribution is 2.27. The monoisotopic (exact) mass is 248 g/mol. The lowest BCUT2D eigenvalue weighted by molar-refractivity contribution is -0.713. The predicted octanol–water partition coefficient (Wildman–Crippen LogP) is 2.58. The van der Waals surface area contributed by atoms with Gasteiger partial charge in [0.1, 0.15) is 12.3 Å². The smallest absolute Gasteiger partial charge is 0.127 e. The summed E-state index contributed by atoms with van der Waals surface area (Å²) in [5, 5.41) is 2.51. The van der Waals surface area contributed by atoms with E-state index in [9.17, 15) is 0 Å². The Bertz CT molecular complexity index is 377. The summed E-state index contributed by atoms with van der Waals surface area (Å²) in [6.45, 7) is 5.84. The first kappa shape index (κ1) is 13.4. The van der Waals surface area contributed by atoms with E-state index >= 15 is 0 Å². The minimum absolute atomic E-state index is 0.777. The Hall–Kier alpha value is -1.02. The lowest BCUT2D eigenvalue weighted by Gasteiger charge is -2.32. The zero-order valence-corrected chi connectivity index (χ0v) is 11.9. The number of rotatable bonds is 4. The van der Waals surface area contributed by atoms with Gasteiger partial charge in [0.05, 0.1) is 13.2 Å². The molecule has 0 saturated heterocycles. The van der Waals surface area contributed by atoms with Crippen LogP contribution in [-0.2, 0) is 6.54 Å². The summed E-state index contributed by atoms with van der Waals surface area (Å²) >= 11 is 0. The maximum atomic E-state index is 5.41.